The number of aliphatic hydroxyl groups excluding tert-OH is 1. The molecule has 6 heteroatoms. The molecule has 1 heterocycles. The molecule has 0 spiro atoms. The number of nitrogens with zero attached hydrogens (tertiary/aromatic N) is 1. The van der Waals surface area contributed by atoms with Crippen LogP contribution < -0.4 is 0 Å². The van der Waals surface area contributed by atoms with E-state index in [2.05, 4.69) is 4.98 Å². The Morgan fingerprint density at radius 2 is 2.05 bits per heavy atom. The molecule has 0 aliphatic rings. The minimum Gasteiger partial charge on any atom is -0.392 e. The Morgan fingerprint density at radius 1 is 1.26 bits per heavy atom. The molecule has 2 nitrogen and oxygen atoms in total. The molecule has 1 atom stereocenters. The molecule has 0 fully saturated rings. The maximum atomic E-state index is 12.5. The van der Waals surface area contributed by atoms with Gasteiger partial charge in [-0.3, -0.25) is 4.98 Å². The molecule has 1 aromatic carbocycles. The summed E-state index contributed by atoms with van der Waals surface area (Å²) in [5, 5.41) is 9.87. The van der Waals surface area contributed by atoms with E-state index in [0.29, 0.717) is 12.0 Å². The molecule has 19 heavy (non-hydrogen) atoms. The van der Waals surface area contributed by atoms with Gasteiger partial charge in [0, 0.05) is 17.5 Å². The first kappa shape index (κ1) is 14.0. The van der Waals surface area contributed by atoms with Crippen LogP contribution in [0.2, 0.25) is 0 Å². The Balaban J connectivity index is 2.03. The van der Waals surface area contributed by atoms with Gasteiger partial charge in [0.1, 0.15) is 0 Å². The molecule has 2 aromatic rings. The summed E-state index contributed by atoms with van der Waals surface area (Å²) in [6, 6.07) is 5.05. The van der Waals surface area contributed by atoms with Gasteiger partial charge in [-0.1, -0.05) is 18.2 Å². The normalized spacial score (nSPS) is 13.5. The topological polar surface area (TPSA) is 33.1 Å². The molecule has 0 saturated carbocycles. The van der Waals surface area contributed by atoms with Crippen molar-refractivity contribution < 1.29 is 18.3 Å². The lowest BCUT2D eigenvalue weighted by Gasteiger charge is -2.12. The van der Waals surface area contributed by atoms with E-state index in [4.69, 9.17) is 0 Å². The lowest BCUT2D eigenvalue weighted by atomic mass is 10.0. The number of thiazole rings is 1. The van der Waals surface area contributed by atoms with Gasteiger partial charge < -0.3 is 5.11 Å². The molecule has 102 valence electrons. The van der Waals surface area contributed by atoms with Crippen LogP contribution in [0, 0.1) is 0 Å². The molecule has 1 N–H and O–H groups in total. The zero-order valence-electron chi connectivity index (χ0n) is 9.89. The predicted molar refractivity (Wildman–Crippen MR) is 67.0 cm³/mol. The average Bonchev–Trinajstić information content (AvgIpc) is 2.80. The van der Waals surface area contributed by atoms with E-state index < -0.39 is 17.8 Å². The highest BCUT2D eigenvalue weighted by atomic mass is 32.1. The molecule has 0 bridgehead atoms. The molecule has 0 aliphatic carbocycles. The number of hydrogen-bond donors (Lipinski definition) is 1. The fourth-order valence-corrected chi connectivity index (χ4v) is 2.46. The third-order valence-corrected chi connectivity index (χ3v) is 3.45. The number of aromatic nitrogens is 1. The van der Waals surface area contributed by atoms with E-state index in [1.54, 1.807) is 17.8 Å². The summed E-state index contributed by atoms with van der Waals surface area (Å²) in [4.78, 5) is 4.80. The molecule has 2 rings (SSSR count). The highest BCUT2D eigenvalue weighted by Gasteiger charge is 2.30. The lowest BCUT2D eigenvalue weighted by Crippen LogP contribution is -2.14. The standard InChI is InChI=1S/C13H12F3NOS/c14-13(15,16)10-3-1-2-9(4-10)5-11(18)6-12-7-17-8-19-12/h1-4,7-8,11,18H,5-6H2. The first-order valence-electron chi connectivity index (χ1n) is 5.67. The zero-order valence-corrected chi connectivity index (χ0v) is 10.7. The summed E-state index contributed by atoms with van der Waals surface area (Å²) >= 11 is 1.42. The lowest BCUT2D eigenvalue weighted by molar-refractivity contribution is -0.137. The summed E-state index contributed by atoms with van der Waals surface area (Å²) in [7, 11) is 0. The Kier molecular flexibility index (Phi) is 4.21. The summed E-state index contributed by atoms with van der Waals surface area (Å²) < 4.78 is 37.6. The van der Waals surface area contributed by atoms with Crippen LogP contribution in [0.4, 0.5) is 13.2 Å². The van der Waals surface area contributed by atoms with Gasteiger partial charge in [0.05, 0.1) is 17.2 Å². The molecule has 0 saturated heterocycles. The van der Waals surface area contributed by atoms with Gasteiger partial charge >= 0.3 is 6.18 Å². The van der Waals surface area contributed by atoms with Gasteiger partial charge in [0.2, 0.25) is 0 Å². The minimum atomic E-state index is -4.35. The molecule has 0 aliphatic heterocycles. The van der Waals surface area contributed by atoms with E-state index >= 15 is 0 Å². The van der Waals surface area contributed by atoms with Crippen molar-refractivity contribution in [3.8, 4) is 0 Å². The quantitative estimate of drug-likeness (QED) is 0.936. The van der Waals surface area contributed by atoms with Crippen LogP contribution >= 0.6 is 11.3 Å². The van der Waals surface area contributed by atoms with Crippen molar-refractivity contribution in [3.05, 3.63) is 52.0 Å². The van der Waals surface area contributed by atoms with Crippen LogP contribution in [-0.2, 0) is 19.0 Å². The number of benzene rings is 1. The summed E-state index contributed by atoms with van der Waals surface area (Å²) in [6.45, 7) is 0. The Bertz CT molecular complexity index is 525. The van der Waals surface area contributed by atoms with E-state index in [1.807, 2.05) is 0 Å². The van der Waals surface area contributed by atoms with Crippen molar-refractivity contribution in [2.45, 2.75) is 25.1 Å². The van der Waals surface area contributed by atoms with Gasteiger partial charge in [-0.2, -0.15) is 13.2 Å². The van der Waals surface area contributed by atoms with Gasteiger partial charge in [-0.25, -0.2) is 0 Å². The largest absolute Gasteiger partial charge is 0.416 e. The van der Waals surface area contributed by atoms with E-state index in [9.17, 15) is 18.3 Å². The van der Waals surface area contributed by atoms with Gasteiger partial charge in [-0.15, -0.1) is 11.3 Å². The molecule has 1 aromatic heterocycles. The fraction of sp³-hybridized carbons (Fsp3) is 0.308. The van der Waals surface area contributed by atoms with Crippen molar-refractivity contribution in [1.82, 2.24) is 4.98 Å². The highest BCUT2D eigenvalue weighted by Crippen LogP contribution is 2.29. The van der Waals surface area contributed by atoms with Crippen molar-refractivity contribution in [1.29, 1.82) is 0 Å². The van der Waals surface area contributed by atoms with Gasteiger partial charge in [0.25, 0.3) is 0 Å². The third-order valence-electron chi connectivity index (χ3n) is 2.65. The van der Waals surface area contributed by atoms with E-state index in [0.717, 1.165) is 17.0 Å². The molecule has 0 amide bonds. The number of halogens is 3. The van der Waals surface area contributed by atoms with Crippen LogP contribution in [0.5, 0.6) is 0 Å². The second-order valence-electron chi connectivity index (χ2n) is 4.23. The number of rotatable bonds is 4. The van der Waals surface area contributed by atoms with Crippen LogP contribution in [0.3, 0.4) is 0 Å². The zero-order chi connectivity index (χ0) is 13.9. The first-order valence-corrected chi connectivity index (χ1v) is 6.54. The van der Waals surface area contributed by atoms with E-state index in [1.165, 1.54) is 17.4 Å². The number of alkyl halides is 3. The predicted octanol–water partition coefficient (Wildman–Crippen LogP) is 3.31. The van der Waals surface area contributed by atoms with Gasteiger partial charge in [-0.05, 0) is 18.1 Å². The van der Waals surface area contributed by atoms with Crippen LogP contribution in [-0.4, -0.2) is 16.2 Å². The summed E-state index contributed by atoms with van der Waals surface area (Å²) in [5.41, 5.74) is 1.45. The Morgan fingerprint density at radius 3 is 2.68 bits per heavy atom. The number of hydrogen-bond acceptors (Lipinski definition) is 3. The fourth-order valence-electron chi connectivity index (χ4n) is 1.79. The molecular weight excluding hydrogens is 275 g/mol. The second kappa shape index (κ2) is 5.71. The maximum Gasteiger partial charge on any atom is 0.416 e. The summed E-state index contributed by atoms with van der Waals surface area (Å²) in [5.74, 6) is 0. The van der Waals surface area contributed by atoms with E-state index in [-0.39, 0.29) is 6.42 Å². The molecule has 1 unspecified atom stereocenters. The Hall–Kier alpha value is -1.40. The van der Waals surface area contributed by atoms with Crippen LogP contribution in [0.25, 0.3) is 0 Å². The average molecular weight is 287 g/mol. The Labute approximate surface area is 112 Å². The third kappa shape index (κ3) is 4.04. The van der Waals surface area contributed by atoms with Crippen molar-refractivity contribution in [2.24, 2.45) is 0 Å². The van der Waals surface area contributed by atoms with Gasteiger partial charge in [0.15, 0.2) is 0 Å². The van der Waals surface area contributed by atoms with Crippen molar-refractivity contribution in [2.75, 3.05) is 0 Å². The number of aliphatic hydroxyl groups is 1. The molecule has 0 radical (unpaired) electrons. The minimum absolute atomic E-state index is 0.196. The SMILES string of the molecule is OC(Cc1cccc(C(F)(F)F)c1)Cc1cncs1. The van der Waals surface area contributed by atoms with Crippen molar-refractivity contribution in [3.63, 3.8) is 0 Å². The first-order chi connectivity index (χ1) is 8.95. The maximum absolute atomic E-state index is 12.5. The highest BCUT2D eigenvalue weighted by molar-refractivity contribution is 7.09. The molecular formula is C13H12F3NOS. The smallest absolute Gasteiger partial charge is 0.392 e. The van der Waals surface area contributed by atoms with Crippen LogP contribution in [0.15, 0.2) is 36.0 Å². The second-order valence-corrected chi connectivity index (χ2v) is 5.20. The summed E-state index contributed by atoms with van der Waals surface area (Å²) in [6.07, 6.45) is -2.80. The monoisotopic (exact) mass is 287 g/mol. The van der Waals surface area contributed by atoms with Crippen molar-refractivity contribution >= 4 is 11.3 Å². The van der Waals surface area contributed by atoms with Crippen LogP contribution in [0.1, 0.15) is 16.0 Å².